The van der Waals surface area contributed by atoms with Crippen LogP contribution in [-0.2, 0) is 11.3 Å². The first-order chi connectivity index (χ1) is 10.7. The highest BCUT2D eigenvalue weighted by atomic mass is 16.1. The quantitative estimate of drug-likeness (QED) is 0.772. The summed E-state index contributed by atoms with van der Waals surface area (Å²) in [6, 6.07) is 10.4. The third-order valence-electron chi connectivity index (χ3n) is 4.35. The topological polar surface area (TPSA) is 44.4 Å². The van der Waals surface area contributed by atoms with Crippen LogP contribution < -0.4 is 10.6 Å². The van der Waals surface area contributed by atoms with Gasteiger partial charge in [0.15, 0.2) is 0 Å². The fourth-order valence-electron chi connectivity index (χ4n) is 2.95. The second-order valence-corrected chi connectivity index (χ2v) is 6.31. The molecule has 0 radical (unpaired) electrons. The average Bonchev–Trinajstić information content (AvgIpc) is 2.55. The molecule has 22 heavy (non-hydrogen) atoms. The van der Waals surface area contributed by atoms with Crippen molar-refractivity contribution in [3.8, 4) is 0 Å². The summed E-state index contributed by atoms with van der Waals surface area (Å²) >= 11 is 0. The van der Waals surface area contributed by atoms with E-state index < -0.39 is 0 Å². The average molecular weight is 303 g/mol. The minimum absolute atomic E-state index is 0.201. The van der Waals surface area contributed by atoms with Crippen LogP contribution in [0.2, 0.25) is 0 Å². The molecule has 4 nitrogen and oxygen atoms in total. The Morgan fingerprint density at radius 1 is 1.27 bits per heavy atom. The molecule has 0 bridgehead atoms. The van der Waals surface area contributed by atoms with Crippen LogP contribution in [0, 0.1) is 5.92 Å². The molecule has 1 amide bonds. The highest BCUT2D eigenvalue weighted by molar-refractivity contribution is 5.75. The lowest BCUT2D eigenvalue weighted by molar-refractivity contribution is -0.121. The minimum Gasteiger partial charge on any atom is -0.355 e. The number of hydrogen-bond donors (Lipinski definition) is 2. The number of hydrogen-bond acceptors (Lipinski definition) is 3. The molecule has 0 spiro atoms. The van der Waals surface area contributed by atoms with Crippen LogP contribution in [-0.4, -0.2) is 44.0 Å². The summed E-state index contributed by atoms with van der Waals surface area (Å²) in [5, 5.41) is 6.41. The maximum atomic E-state index is 11.9. The summed E-state index contributed by atoms with van der Waals surface area (Å²) < 4.78 is 0. The number of benzene rings is 1. The van der Waals surface area contributed by atoms with Gasteiger partial charge in [-0.05, 0) is 50.9 Å². The molecular weight excluding hydrogens is 274 g/mol. The fraction of sp³-hybridized carbons (Fsp3) is 0.611. The zero-order valence-corrected chi connectivity index (χ0v) is 13.7. The molecule has 0 saturated carbocycles. The van der Waals surface area contributed by atoms with Gasteiger partial charge < -0.3 is 15.5 Å². The molecule has 1 heterocycles. The molecule has 0 atom stereocenters. The number of rotatable bonds is 8. The first-order valence-electron chi connectivity index (χ1n) is 8.44. The molecule has 1 aromatic rings. The lowest BCUT2D eigenvalue weighted by Gasteiger charge is -2.22. The molecule has 0 aromatic heterocycles. The highest BCUT2D eigenvalue weighted by Crippen LogP contribution is 2.17. The molecule has 0 unspecified atom stereocenters. The van der Waals surface area contributed by atoms with E-state index in [0.29, 0.717) is 6.42 Å². The second-order valence-electron chi connectivity index (χ2n) is 6.31. The van der Waals surface area contributed by atoms with Crippen LogP contribution in [0.15, 0.2) is 30.3 Å². The SMILES string of the molecule is CN(CCNC(=O)CCC1CCNCC1)Cc1ccccc1. The van der Waals surface area contributed by atoms with Crippen molar-refractivity contribution in [1.82, 2.24) is 15.5 Å². The number of nitrogens with one attached hydrogen (secondary N) is 2. The van der Waals surface area contributed by atoms with Gasteiger partial charge in [0.1, 0.15) is 0 Å². The minimum atomic E-state index is 0.201. The van der Waals surface area contributed by atoms with Crippen molar-refractivity contribution in [2.45, 2.75) is 32.2 Å². The number of carbonyl (C=O) groups excluding carboxylic acids is 1. The van der Waals surface area contributed by atoms with Crippen LogP contribution in [0.1, 0.15) is 31.2 Å². The Morgan fingerprint density at radius 3 is 2.73 bits per heavy atom. The molecule has 2 N–H and O–H groups in total. The first kappa shape index (κ1) is 17.0. The predicted molar refractivity (Wildman–Crippen MR) is 90.6 cm³/mol. The van der Waals surface area contributed by atoms with Gasteiger partial charge >= 0.3 is 0 Å². The van der Waals surface area contributed by atoms with E-state index in [1.54, 1.807) is 0 Å². The van der Waals surface area contributed by atoms with E-state index >= 15 is 0 Å². The summed E-state index contributed by atoms with van der Waals surface area (Å²) in [6.07, 6.45) is 4.14. The van der Waals surface area contributed by atoms with Crippen LogP contribution in [0.3, 0.4) is 0 Å². The first-order valence-corrected chi connectivity index (χ1v) is 8.44. The van der Waals surface area contributed by atoms with Gasteiger partial charge in [-0.1, -0.05) is 30.3 Å². The van der Waals surface area contributed by atoms with Crippen molar-refractivity contribution in [2.75, 3.05) is 33.2 Å². The second kappa shape index (κ2) is 9.59. The summed E-state index contributed by atoms with van der Waals surface area (Å²) in [6.45, 7) is 4.75. The summed E-state index contributed by atoms with van der Waals surface area (Å²) in [7, 11) is 2.09. The number of likely N-dealkylation sites (N-methyl/N-ethyl adjacent to an activating group) is 1. The van der Waals surface area contributed by atoms with E-state index in [1.165, 1.54) is 18.4 Å². The van der Waals surface area contributed by atoms with Gasteiger partial charge in [-0.2, -0.15) is 0 Å². The highest BCUT2D eigenvalue weighted by Gasteiger charge is 2.14. The molecule has 4 heteroatoms. The molecule has 1 saturated heterocycles. The summed E-state index contributed by atoms with van der Waals surface area (Å²) in [5.74, 6) is 0.930. The molecular formula is C18H29N3O. The molecule has 2 rings (SSSR count). The summed E-state index contributed by atoms with van der Waals surface area (Å²) in [5.41, 5.74) is 1.31. The standard InChI is InChI=1S/C18H29N3O/c1-21(15-17-5-3-2-4-6-17)14-13-20-18(22)8-7-16-9-11-19-12-10-16/h2-6,16,19H,7-15H2,1H3,(H,20,22). The number of amides is 1. The Kier molecular flexibility index (Phi) is 7.40. The van der Waals surface area contributed by atoms with Crippen molar-refractivity contribution in [1.29, 1.82) is 0 Å². The largest absolute Gasteiger partial charge is 0.355 e. The molecule has 0 aliphatic carbocycles. The summed E-state index contributed by atoms with van der Waals surface area (Å²) in [4.78, 5) is 14.1. The van der Waals surface area contributed by atoms with Gasteiger partial charge in [-0.15, -0.1) is 0 Å². The van der Waals surface area contributed by atoms with Crippen molar-refractivity contribution in [2.24, 2.45) is 5.92 Å². The molecule has 1 aliphatic heterocycles. The van der Waals surface area contributed by atoms with Gasteiger partial charge in [0.25, 0.3) is 0 Å². The van der Waals surface area contributed by atoms with Crippen molar-refractivity contribution < 1.29 is 4.79 Å². The maximum absolute atomic E-state index is 11.9. The van der Waals surface area contributed by atoms with Crippen molar-refractivity contribution in [3.05, 3.63) is 35.9 Å². The van der Waals surface area contributed by atoms with Crippen LogP contribution in [0.4, 0.5) is 0 Å². The lowest BCUT2D eigenvalue weighted by atomic mass is 9.93. The predicted octanol–water partition coefficient (Wildman–Crippen LogP) is 2.01. The normalized spacial score (nSPS) is 15.9. The van der Waals surface area contributed by atoms with Gasteiger partial charge in [-0.25, -0.2) is 0 Å². The van der Waals surface area contributed by atoms with Crippen molar-refractivity contribution in [3.63, 3.8) is 0 Å². The Balaban J connectivity index is 1.54. The Bertz CT molecular complexity index is 429. The van der Waals surface area contributed by atoms with Crippen LogP contribution in [0.5, 0.6) is 0 Å². The van der Waals surface area contributed by atoms with E-state index in [9.17, 15) is 4.79 Å². The zero-order valence-electron chi connectivity index (χ0n) is 13.7. The monoisotopic (exact) mass is 303 g/mol. The Morgan fingerprint density at radius 2 is 2.00 bits per heavy atom. The molecule has 122 valence electrons. The smallest absolute Gasteiger partial charge is 0.220 e. The fourth-order valence-corrected chi connectivity index (χ4v) is 2.95. The number of carbonyl (C=O) groups is 1. The number of nitrogens with zero attached hydrogens (tertiary/aromatic N) is 1. The number of piperidine rings is 1. The van der Waals surface area contributed by atoms with E-state index in [4.69, 9.17) is 0 Å². The Hall–Kier alpha value is -1.39. The van der Waals surface area contributed by atoms with E-state index in [2.05, 4.69) is 46.8 Å². The molecule has 1 aromatic carbocycles. The van der Waals surface area contributed by atoms with E-state index in [1.807, 2.05) is 6.07 Å². The van der Waals surface area contributed by atoms with Crippen molar-refractivity contribution >= 4 is 5.91 Å². The van der Waals surface area contributed by atoms with Gasteiger partial charge in [0, 0.05) is 26.1 Å². The van der Waals surface area contributed by atoms with Gasteiger partial charge in [0.2, 0.25) is 5.91 Å². The third-order valence-corrected chi connectivity index (χ3v) is 4.35. The van der Waals surface area contributed by atoms with Crippen LogP contribution >= 0.6 is 0 Å². The van der Waals surface area contributed by atoms with Crippen LogP contribution in [0.25, 0.3) is 0 Å². The van der Waals surface area contributed by atoms with E-state index in [0.717, 1.165) is 45.1 Å². The van der Waals surface area contributed by atoms with Gasteiger partial charge in [0.05, 0.1) is 0 Å². The Labute approximate surface area is 134 Å². The molecule has 1 aliphatic rings. The maximum Gasteiger partial charge on any atom is 0.220 e. The van der Waals surface area contributed by atoms with E-state index in [-0.39, 0.29) is 5.91 Å². The lowest BCUT2D eigenvalue weighted by Crippen LogP contribution is -2.33. The van der Waals surface area contributed by atoms with Gasteiger partial charge in [-0.3, -0.25) is 4.79 Å². The third kappa shape index (κ3) is 6.58. The molecule has 1 fully saturated rings. The zero-order chi connectivity index (χ0) is 15.6.